The van der Waals surface area contributed by atoms with E-state index < -0.39 is 0 Å². The van der Waals surface area contributed by atoms with Gasteiger partial charge in [-0.3, -0.25) is 4.90 Å². The minimum Gasteiger partial charge on any atom is -0.390 e. The number of hydrogen-bond acceptors (Lipinski definition) is 3. The van der Waals surface area contributed by atoms with Crippen molar-refractivity contribution in [1.29, 1.82) is 0 Å². The van der Waals surface area contributed by atoms with E-state index in [0.717, 1.165) is 6.54 Å². The van der Waals surface area contributed by atoms with E-state index in [1.807, 2.05) is 0 Å². The molecule has 0 aromatic heterocycles. The van der Waals surface area contributed by atoms with Gasteiger partial charge in [-0.05, 0) is 26.7 Å². The minimum absolute atomic E-state index is 0.245. The quantitative estimate of drug-likeness (QED) is 0.750. The third-order valence-electron chi connectivity index (χ3n) is 3.56. The molecule has 96 valence electrons. The SMILES string of the molecule is CC(C)NCC(O)CN1C(C)CCCC1C. The van der Waals surface area contributed by atoms with Gasteiger partial charge in [0.25, 0.3) is 0 Å². The molecule has 0 amide bonds. The summed E-state index contributed by atoms with van der Waals surface area (Å²) in [6, 6.07) is 1.70. The van der Waals surface area contributed by atoms with Crippen LogP contribution in [0.1, 0.15) is 47.0 Å². The van der Waals surface area contributed by atoms with Gasteiger partial charge in [-0.15, -0.1) is 0 Å². The number of aliphatic hydroxyl groups excluding tert-OH is 1. The fourth-order valence-corrected chi connectivity index (χ4v) is 2.51. The van der Waals surface area contributed by atoms with E-state index in [4.69, 9.17) is 0 Å². The third kappa shape index (κ3) is 4.40. The minimum atomic E-state index is -0.245. The van der Waals surface area contributed by atoms with E-state index in [1.54, 1.807) is 0 Å². The highest BCUT2D eigenvalue weighted by Crippen LogP contribution is 2.22. The molecule has 0 bridgehead atoms. The van der Waals surface area contributed by atoms with Crippen LogP contribution in [0.25, 0.3) is 0 Å². The van der Waals surface area contributed by atoms with Crippen LogP contribution in [0, 0.1) is 0 Å². The summed E-state index contributed by atoms with van der Waals surface area (Å²) in [5, 5.41) is 13.3. The van der Waals surface area contributed by atoms with Gasteiger partial charge in [0.05, 0.1) is 6.10 Å². The van der Waals surface area contributed by atoms with Crippen LogP contribution in [-0.2, 0) is 0 Å². The number of nitrogens with one attached hydrogen (secondary N) is 1. The van der Waals surface area contributed by atoms with Gasteiger partial charge in [-0.1, -0.05) is 20.3 Å². The Morgan fingerprint density at radius 2 is 1.81 bits per heavy atom. The normalized spacial score (nSPS) is 29.6. The van der Waals surface area contributed by atoms with Crippen LogP contribution in [-0.4, -0.2) is 47.3 Å². The summed E-state index contributed by atoms with van der Waals surface area (Å²) in [5.41, 5.74) is 0. The van der Waals surface area contributed by atoms with Crippen molar-refractivity contribution in [3.63, 3.8) is 0 Å². The molecule has 0 saturated carbocycles. The van der Waals surface area contributed by atoms with E-state index in [9.17, 15) is 5.11 Å². The maximum atomic E-state index is 9.98. The number of piperidine rings is 1. The summed E-state index contributed by atoms with van der Waals surface area (Å²) in [6.45, 7) is 10.3. The van der Waals surface area contributed by atoms with Gasteiger partial charge in [0.1, 0.15) is 0 Å². The average molecular weight is 228 g/mol. The fraction of sp³-hybridized carbons (Fsp3) is 1.00. The number of rotatable bonds is 5. The van der Waals surface area contributed by atoms with Crippen LogP contribution in [0.5, 0.6) is 0 Å². The van der Waals surface area contributed by atoms with Crippen LogP contribution < -0.4 is 5.32 Å². The molecule has 16 heavy (non-hydrogen) atoms. The van der Waals surface area contributed by atoms with E-state index in [2.05, 4.69) is 37.9 Å². The van der Waals surface area contributed by atoms with Crippen molar-refractivity contribution in [2.45, 2.75) is 71.2 Å². The van der Waals surface area contributed by atoms with E-state index in [1.165, 1.54) is 19.3 Å². The monoisotopic (exact) mass is 228 g/mol. The number of nitrogens with zero attached hydrogens (tertiary/aromatic N) is 1. The first-order valence-corrected chi connectivity index (χ1v) is 6.68. The first kappa shape index (κ1) is 13.9. The summed E-state index contributed by atoms with van der Waals surface area (Å²) < 4.78 is 0. The smallest absolute Gasteiger partial charge is 0.0791 e. The van der Waals surface area contributed by atoms with Crippen LogP contribution in [0.2, 0.25) is 0 Å². The molecule has 0 spiro atoms. The molecule has 3 unspecified atom stereocenters. The lowest BCUT2D eigenvalue weighted by atomic mass is 9.97. The van der Waals surface area contributed by atoms with E-state index >= 15 is 0 Å². The summed E-state index contributed by atoms with van der Waals surface area (Å²) in [5.74, 6) is 0. The maximum absolute atomic E-state index is 9.98. The molecule has 1 saturated heterocycles. The van der Waals surface area contributed by atoms with Crippen molar-refractivity contribution in [1.82, 2.24) is 10.2 Å². The van der Waals surface area contributed by atoms with Gasteiger partial charge in [-0.25, -0.2) is 0 Å². The molecule has 1 aliphatic heterocycles. The highest BCUT2D eigenvalue weighted by atomic mass is 16.3. The van der Waals surface area contributed by atoms with Crippen molar-refractivity contribution >= 4 is 0 Å². The molecule has 1 heterocycles. The molecule has 3 nitrogen and oxygen atoms in total. The molecule has 0 aromatic carbocycles. The molecule has 1 aliphatic rings. The molecule has 1 rings (SSSR count). The van der Waals surface area contributed by atoms with Crippen molar-refractivity contribution in [3.8, 4) is 0 Å². The summed E-state index contributed by atoms with van der Waals surface area (Å²) in [7, 11) is 0. The van der Waals surface area contributed by atoms with Gasteiger partial charge in [0.15, 0.2) is 0 Å². The second kappa shape index (κ2) is 6.58. The van der Waals surface area contributed by atoms with E-state index in [-0.39, 0.29) is 6.10 Å². The summed E-state index contributed by atoms with van der Waals surface area (Å²) in [4.78, 5) is 2.45. The number of likely N-dealkylation sites (tertiary alicyclic amines) is 1. The van der Waals surface area contributed by atoms with Gasteiger partial charge in [0, 0.05) is 31.2 Å². The standard InChI is InChI=1S/C13H28N2O/c1-10(2)14-8-13(16)9-15-11(3)6-5-7-12(15)4/h10-14,16H,5-9H2,1-4H3. The zero-order valence-electron chi connectivity index (χ0n) is 11.2. The number of aliphatic hydroxyl groups is 1. The zero-order chi connectivity index (χ0) is 12.1. The third-order valence-corrected chi connectivity index (χ3v) is 3.56. The second-order valence-corrected chi connectivity index (χ2v) is 5.54. The highest BCUT2D eigenvalue weighted by Gasteiger charge is 2.26. The maximum Gasteiger partial charge on any atom is 0.0791 e. The van der Waals surface area contributed by atoms with Crippen LogP contribution in [0.15, 0.2) is 0 Å². The van der Waals surface area contributed by atoms with Crippen molar-refractivity contribution in [3.05, 3.63) is 0 Å². The topological polar surface area (TPSA) is 35.5 Å². The predicted molar refractivity (Wildman–Crippen MR) is 68.6 cm³/mol. The molecular formula is C13H28N2O. The lowest BCUT2D eigenvalue weighted by molar-refractivity contribution is 0.0411. The van der Waals surface area contributed by atoms with Gasteiger partial charge in [-0.2, -0.15) is 0 Å². The Kier molecular flexibility index (Phi) is 5.73. The zero-order valence-corrected chi connectivity index (χ0v) is 11.2. The molecular weight excluding hydrogens is 200 g/mol. The number of β-amino-alcohol motifs (C(OH)–C–C–N with tert-alkyl or cyclic N) is 1. The largest absolute Gasteiger partial charge is 0.390 e. The first-order chi connectivity index (χ1) is 7.50. The Labute approximate surface area is 100 Å². The van der Waals surface area contributed by atoms with Crippen LogP contribution in [0.4, 0.5) is 0 Å². The van der Waals surface area contributed by atoms with Gasteiger partial charge in [0.2, 0.25) is 0 Å². The number of hydrogen-bond donors (Lipinski definition) is 2. The Morgan fingerprint density at radius 1 is 1.25 bits per heavy atom. The first-order valence-electron chi connectivity index (χ1n) is 6.68. The molecule has 0 aliphatic carbocycles. The van der Waals surface area contributed by atoms with Gasteiger partial charge < -0.3 is 10.4 Å². The highest BCUT2D eigenvalue weighted by molar-refractivity contribution is 4.81. The Hall–Kier alpha value is -0.120. The molecule has 1 fully saturated rings. The lowest BCUT2D eigenvalue weighted by Crippen LogP contribution is -2.49. The average Bonchev–Trinajstić information content (AvgIpc) is 2.21. The summed E-state index contributed by atoms with van der Waals surface area (Å²) >= 11 is 0. The Morgan fingerprint density at radius 3 is 2.31 bits per heavy atom. The van der Waals surface area contributed by atoms with Crippen molar-refractivity contribution < 1.29 is 5.11 Å². The van der Waals surface area contributed by atoms with Crippen molar-refractivity contribution in [2.75, 3.05) is 13.1 Å². The molecule has 0 radical (unpaired) electrons. The van der Waals surface area contributed by atoms with Crippen LogP contribution in [0.3, 0.4) is 0 Å². The van der Waals surface area contributed by atoms with Crippen molar-refractivity contribution in [2.24, 2.45) is 0 Å². The predicted octanol–water partition coefficient (Wildman–Crippen LogP) is 1.61. The van der Waals surface area contributed by atoms with Crippen LogP contribution >= 0.6 is 0 Å². The molecule has 3 heteroatoms. The Balaban J connectivity index is 2.33. The van der Waals surface area contributed by atoms with E-state index in [0.29, 0.717) is 24.7 Å². The lowest BCUT2D eigenvalue weighted by Gasteiger charge is -2.40. The fourth-order valence-electron chi connectivity index (χ4n) is 2.51. The molecule has 0 aromatic rings. The summed E-state index contributed by atoms with van der Waals surface area (Å²) in [6.07, 6.45) is 3.63. The molecule has 3 atom stereocenters. The second-order valence-electron chi connectivity index (χ2n) is 5.54. The molecule has 2 N–H and O–H groups in total. The van der Waals surface area contributed by atoms with Gasteiger partial charge >= 0.3 is 0 Å². The Bertz CT molecular complexity index is 186.